The van der Waals surface area contributed by atoms with Gasteiger partial charge < -0.3 is 4.52 Å². The van der Waals surface area contributed by atoms with E-state index in [2.05, 4.69) is 25.9 Å². The maximum Gasteiger partial charge on any atom is 0.229 e. The minimum atomic E-state index is 0.375. The molecular weight excluding hydrogens is 236 g/mol. The summed E-state index contributed by atoms with van der Waals surface area (Å²) in [6.07, 6.45) is 7.82. The molecular formula is C16H24N2O. The summed E-state index contributed by atoms with van der Waals surface area (Å²) >= 11 is 0. The number of nitrogens with zero attached hydrogens (tertiary/aromatic N) is 2. The van der Waals surface area contributed by atoms with Gasteiger partial charge in [-0.25, -0.2) is 0 Å². The fraction of sp³-hybridized carbons (Fsp3) is 0.875. The van der Waals surface area contributed by atoms with Gasteiger partial charge in [-0.1, -0.05) is 45.2 Å². The van der Waals surface area contributed by atoms with Crippen molar-refractivity contribution in [1.29, 1.82) is 0 Å². The Morgan fingerprint density at radius 1 is 1.16 bits per heavy atom. The summed E-state index contributed by atoms with van der Waals surface area (Å²) in [6.45, 7) is 7.11. The van der Waals surface area contributed by atoms with E-state index in [1.54, 1.807) is 0 Å². The van der Waals surface area contributed by atoms with Crippen LogP contribution in [0.3, 0.4) is 0 Å². The van der Waals surface area contributed by atoms with Crippen LogP contribution in [-0.2, 0) is 0 Å². The second-order valence-electron chi connectivity index (χ2n) is 7.63. The summed E-state index contributed by atoms with van der Waals surface area (Å²) in [7, 11) is 0. The van der Waals surface area contributed by atoms with E-state index >= 15 is 0 Å². The van der Waals surface area contributed by atoms with Crippen molar-refractivity contribution in [3.05, 3.63) is 11.7 Å². The van der Waals surface area contributed by atoms with Crippen LogP contribution in [0.2, 0.25) is 0 Å². The Bertz CT molecular complexity index is 501. The summed E-state index contributed by atoms with van der Waals surface area (Å²) in [6, 6.07) is 0. The zero-order valence-corrected chi connectivity index (χ0v) is 12.3. The van der Waals surface area contributed by atoms with Crippen LogP contribution in [-0.4, -0.2) is 10.1 Å². The second-order valence-corrected chi connectivity index (χ2v) is 7.63. The number of hydrogen-bond acceptors (Lipinski definition) is 3. The topological polar surface area (TPSA) is 38.9 Å². The van der Waals surface area contributed by atoms with E-state index in [4.69, 9.17) is 9.51 Å². The third kappa shape index (κ3) is 1.45. The van der Waals surface area contributed by atoms with Gasteiger partial charge in [0.25, 0.3) is 0 Å². The van der Waals surface area contributed by atoms with Crippen molar-refractivity contribution in [3.63, 3.8) is 0 Å². The molecule has 1 aromatic heterocycles. The van der Waals surface area contributed by atoms with E-state index in [9.17, 15) is 0 Å². The average Bonchev–Trinajstić information content (AvgIpc) is 3.06. The van der Waals surface area contributed by atoms with E-state index in [-0.39, 0.29) is 0 Å². The largest absolute Gasteiger partial charge is 0.339 e. The van der Waals surface area contributed by atoms with Crippen molar-refractivity contribution < 1.29 is 4.52 Å². The molecule has 2 unspecified atom stereocenters. The van der Waals surface area contributed by atoms with E-state index in [1.165, 1.54) is 38.5 Å². The Hall–Kier alpha value is -0.860. The zero-order chi connectivity index (χ0) is 13.3. The van der Waals surface area contributed by atoms with E-state index in [0.717, 1.165) is 17.6 Å². The van der Waals surface area contributed by atoms with Crippen LogP contribution < -0.4 is 0 Å². The normalized spacial score (nSPS) is 40.6. The molecule has 3 fully saturated rings. The van der Waals surface area contributed by atoms with E-state index in [0.29, 0.717) is 22.7 Å². The molecule has 104 valence electrons. The van der Waals surface area contributed by atoms with Gasteiger partial charge in [0.2, 0.25) is 5.89 Å². The van der Waals surface area contributed by atoms with Crippen LogP contribution in [0.25, 0.3) is 0 Å². The van der Waals surface area contributed by atoms with Crippen molar-refractivity contribution in [2.75, 3.05) is 0 Å². The van der Waals surface area contributed by atoms with Gasteiger partial charge in [-0.3, -0.25) is 0 Å². The summed E-state index contributed by atoms with van der Waals surface area (Å²) in [4.78, 5) is 4.78. The summed E-state index contributed by atoms with van der Waals surface area (Å²) in [5.41, 5.74) is 0.876. The molecule has 0 aromatic carbocycles. The molecule has 1 aromatic rings. The Morgan fingerprint density at radius 2 is 1.84 bits per heavy atom. The highest BCUT2D eigenvalue weighted by Gasteiger charge is 2.82. The minimum absolute atomic E-state index is 0.375. The monoisotopic (exact) mass is 260 g/mol. The van der Waals surface area contributed by atoms with Crippen molar-refractivity contribution in [1.82, 2.24) is 10.1 Å². The molecule has 3 heteroatoms. The van der Waals surface area contributed by atoms with Crippen LogP contribution in [0.4, 0.5) is 0 Å². The van der Waals surface area contributed by atoms with Crippen molar-refractivity contribution >= 4 is 0 Å². The van der Waals surface area contributed by atoms with Crippen molar-refractivity contribution in [2.24, 2.45) is 16.7 Å². The van der Waals surface area contributed by atoms with Gasteiger partial charge in [-0.15, -0.1) is 0 Å². The zero-order valence-electron chi connectivity index (χ0n) is 12.3. The van der Waals surface area contributed by atoms with E-state index in [1.807, 2.05) is 0 Å². The molecule has 0 N–H and O–H groups in total. The van der Waals surface area contributed by atoms with Crippen molar-refractivity contribution in [2.45, 2.75) is 71.1 Å². The Balaban J connectivity index is 1.56. The maximum atomic E-state index is 5.59. The predicted molar refractivity (Wildman–Crippen MR) is 72.9 cm³/mol. The van der Waals surface area contributed by atoms with Gasteiger partial charge in [0.1, 0.15) is 0 Å². The third-order valence-corrected chi connectivity index (χ3v) is 6.39. The quantitative estimate of drug-likeness (QED) is 0.797. The number of rotatable bonds is 2. The van der Waals surface area contributed by atoms with Gasteiger partial charge in [0.05, 0.1) is 0 Å². The smallest absolute Gasteiger partial charge is 0.229 e. The molecule has 3 atom stereocenters. The minimum Gasteiger partial charge on any atom is -0.339 e. The Kier molecular flexibility index (Phi) is 2.27. The third-order valence-electron chi connectivity index (χ3n) is 6.39. The fourth-order valence-corrected chi connectivity index (χ4v) is 5.07. The molecule has 3 aliphatic rings. The lowest BCUT2D eigenvalue weighted by molar-refractivity contribution is 0.311. The maximum absolute atomic E-state index is 5.59. The number of aromatic nitrogens is 2. The van der Waals surface area contributed by atoms with Crippen LogP contribution in [0.15, 0.2) is 4.52 Å². The molecule has 0 radical (unpaired) electrons. The SMILES string of the molecule is CC1CC12[C@@H](c1noc(C3CCCCC3)n1)C2(C)C. The first-order valence-corrected chi connectivity index (χ1v) is 7.91. The standard InChI is InChI=1S/C16H24N2O/c1-10-9-16(10)12(15(16,2)3)13-17-14(19-18-13)11-7-5-4-6-8-11/h10-12H,4-9H2,1-3H3/t10?,12-,16?/m0/s1. The predicted octanol–water partition coefficient (Wildman–Crippen LogP) is 4.27. The molecule has 3 aliphatic carbocycles. The highest BCUT2D eigenvalue weighted by atomic mass is 16.5. The molecule has 19 heavy (non-hydrogen) atoms. The lowest BCUT2D eigenvalue weighted by Crippen LogP contribution is -2.05. The van der Waals surface area contributed by atoms with Crippen LogP contribution in [0.5, 0.6) is 0 Å². The summed E-state index contributed by atoms with van der Waals surface area (Å²) in [5, 5.41) is 4.33. The Morgan fingerprint density at radius 3 is 2.42 bits per heavy atom. The first kappa shape index (κ1) is 11.9. The molecule has 4 rings (SSSR count). The highest BCUT2D eigenvalue weighted by molar-refractivity contribution is 5.37. The molecule has 1 spiro atoms. The van der Waals surface area contributed by atoms with Gasteiger partial charge in [0.15, 0.2) is 5.82 Å². The summed E-state index contributed by atoms with van der Waals surface area (Å²) in [5.74, 6) is 3.82. The molecule has 0 saturated heterocycles. The number of hydrogen-bond donors (Lipinski definition) is 0. The van der Waals surface area contributed by atoms with Crippen LogP contribution in [0.1, 0.15) is 82.8 Å². The van der Waals surface area contributed by atoms with Gasteiger partial charge in [-0.05, 0) is 36.0 Å². The van der Waals surface area contributed by atoms with Gasteiger partial charge in [0, 0.05) is 11.8 Å². The van der Waals surface area contributed by atoms with Gasteiger partial charge in [-0.2, -0.15) is 4.98 Å². The van der Waals surface area contributed by atoms with Gasteiger partial charge >= 0.3 is 0 Å². The molecule has 0 bridgehead atoms. The average molecular weight is 260 g/mol. The summed E-state index contributed by atoms with van der Waals surface area (Å²) < 4.78 is 5.59. The van der Waals surface area contributed by atoms with E-state index < -0.39 is 0 Å². The van der Waals surface area contributed by atoms with Crippen LogP contribution in [0, 0.1) is 16.7 Å². The Labute approximate surface area is 115 Å². The first-order valence-electron chi connectivity index (χ1n) is 7.91. The molecule has 1 heterocycles. The molecule has 3 nitrogen and oxygen atoms in total. The first-order chi connectivity index (χ1) is 9.07. The lowest BCUT2D eigenvalue weighted by Gasteiger charge is -2.17. The molecule has 0 amide bonds. The molecule has 0 aliphatic heterocycles. The van der Waals surface area contributed by atoms with Crippen LogP contribution >= 0.6 is 0 Å². The van der Waals surface area contributed by atoms with Crippen molar-refractivity contribution in [3.8, 4) is 0 Å². The highest BCUT2D eigenvalue weighted by Crippen LogP contribution is 2.88. The lowest BCUT2D eigenvalue weighted by atomic mass is 9.89. The fourth-order valence-electron chi connectivity index (χ4n) is 5.07. The molecule has 3 saturated carbocycles. The second kappa shape index (κ2) is 3.62.